The normalized spacial score (nSPS) is 20.8. The van der Waals surface area contributed by atoms with Gasteiger partial charge in [0.05, 0.1) is 12.3 Å². The Labute approximate surface area is 168 Å². The van der Waals surface area contributed by atoms with E-state index in [9.17, 15) is 4.79 Å². The minimum absolute atomic E-state index is 0.0609. The number of fused-ring (bicyclic) bond motifs is 1. The number of carbonyl (C=O) groups is 1. The van der Waals surface area contributed by atoms with Gasteiger partial charge < -0.3 is 18.9 Å². The summed E-state index contributed by atoms with van der Waals surface area (Å²) < 4.78 is 14.0. The first-order valence-electron chi connectivity index (χ1n) is 9.89. The molecule has 1 amide bonds. The van der Waals surface area contributed by atoms with E-state index in [0.717, 1.165) is 22.5 Å². The first-order valence-corrected chi connectivity index (χ1v) is 10.9. The summed E-state index contributed by atoms with van der Waals surface area (Å²) in [5.41, 5.74) is 0. The van der Waals surface area contributed by atoms with Crippen LogP contribution in [-0.2, 0) is 4.79 Å². The molecule has 0 saturated heterocycles. The molecule has 0 radical (unpaired) electrons. The van der Waals surface area contributed by atoms with E-state index in [1.54, 1.807) is 4.90 Å². The summed E-state index contributed by atoms with van der Waals surface area (Å²) in [6.07, 6.45) is 4.65. The number of hydrogen-bond donors (Lipinski definition) is 0. The van der Waals surface area contributed by atoms with Crippen molar-refractivity contribution in [1.82, 2.24) is 19.7 Å². The van der Waals surface area contributed by atoms with E-state index in [1.807, 2.05) is 31.3 Å². The summed E-state index contributed by atoms with van der Waals surface area (Å²) in [7, 11) is 1.81. The number of nitrogens with zero attached hydrogens (tertiary/aromatic N) is 4. The molecule has 2 saturated carbocycles. The smallest absolute Gasteiger partial charge is 0.232 e. The molecule has 0 spiro atoms. The Kier molecular flexibility index (Phi) is 4.66. The van der Waals surface area contributed by atoms with Crippen molar-refractivity contribution >= 4 is 17.7 Å². The van der Waals surface area contributed by atoms with Gasteiger partial charge in [-0.3, -0.25) is 4.79 Å². The zero-order valence-electron chi connectivity index (χ0n) is 15.9. The SMILES string of the molecule is CN(C[C@@H]1COc2ccccc2O1)C(=O)CSc1nnc(C2CC2)n1C1CC1. The van der Waals surface area contributed by atoms with Gasteiger partial charge >= 0.3 is 0 Å². The topological polar surface area (TPSA) is 69.5 Å². The summed E-state index contributed by atoms with van der Waals surface area (Å²) in [6.45, 7) is 0.943. The largest absolute Gasteiger partial charge is 0.486 e. The molecule has 2 heterocycles. The number of para-hydroxylation sites is 2. The highest BCUT2D eigenvalue weighted by Gasteiger charge is 2.36. The molecule has 5 rings (SSSR count). The summed E-state index contributed by atoms with van der Waals surface area (Å²) in [5, 5.41) is 9.67. The van der Waals surface area contributed by atoms with Crippen molar-refractivity contribution in [3.63, 3.8) is 0 Å². The molecule has 2 aromatic rings. The van der Waals surface area contributed by atoms with Crippen molar-refractivity contribution in [3.8, 4) is 11.5 Å². The molecule has 2 fully saturated rings. The number of rotatable bonds is 7. The number of benzene rings is 1. The number of hydrogen-bond acceptors (Lipinski definition) is 6. The fourth-order valence-electron chi connectivity index (χ4n) is 3.48. The molecular formula is C20H24N4O3S. The second-order valence-corrected chi connectivity index (χ2v) is 8.72. The first-order chi connectivity index (χ1) is 13.7. The number of thioether (sulfide) groups is 1. The lowest BCUT2D eigenvalue weighted by Crippen LogP contribution is -2.42. The van der Waals surface area contributed by atoms with Crippen LogP contribution in [0.2, 0.25) is 0 Å². The minimum atomic E-state index is -0.162. The Hall–Kier alpha value is -2.22. The van der Waals surface area contributed by atoms with E-state index < -0.39 is 0 Å². The molecule has 8 heteroatoms. The molecule has 28 heavy (non-hydrogen) atoms. The van der Waals surface area contributed by atoms with Gasteiger partial charge in [0.2, 0.25) is 5.91 Å². The highest BCUT2D eigenvalue weighted by atomic mass is 32.2. The van der Waals surface area contributed by atoms with Crippen molar-refractivity contribution < 1.29 is 14.3 Å². The number of ether oxygens (including phenoxy) is 2. The van der Waals surface area contributed by atoms with Gasteiger partial charge in [0.15, 0.2) is 22.8 Å². The summed E-state index contributed by atoms with van der Waals surface area (Å²) in [5.74, 6) is 3.61. The molecule has 1 aromatic carbocycles. The third-order valence-electron chi connectivity index (χ3n) is 5.34. The van der Waals surface area contributed by atoms with Crippen LogP contribution in [0.1, 0.15) is 43.5 Å². The van der Waals surface area contributed by atoms with E-state index in [1.165, 1.54) is 37.4 Å². The predicted molar refractivity (Wildman–Crippen MR) is 105 cm³/mol. The van der Waals surface area contributed by atoms with Crippen LogP contribution < -0.4 is 9.47 Å². The maximum absolute atomic E-state index is 12.6. The van der Waals surface area contributed by atoms with Crippen LogP contribution in [0.3, 0.4) is 0 Å². The Balaban J connectivity index is 1.16. The Bertz CT molecular complexity index is 878. The van der Waals surface area contributed by atoms with Crippen molar-refractivity contribution in [1.29, 1.82) is 0 Å². The average Bonchev–Trinajstić information content (AvgIpc) is 3.64. The van der Waals surface area contributed by atoms with Crippen LogP contribution in [0.5, 0.6) is 11.5 Å². The fraction of sp³-hybridized carbons (Fsp3) is 0.550. The summed E-state index contributed by atoms with van der Waals surface area (Å²) in [4.78, 5) is 14.4. The standard InChI is InChI=1S/C20H24N4O3S/c1-23(10-15-11-26-16-4-2-3-5-17(16)27-15)18(25)12-28-20-22-21-19(13-6-7-13)24(20)14-8-9-14/h2-5,13-15H,6-12H2,1H3/t15-/m1/s1. The lowest BCUT2D eigenvalue weighted by Gasteiger charge is -2.29. The molecule has 1 aliphatic heterocycles. The van der Waals surface area contributed by atoms with E-state index in [2.05, 4.69) is 14.8 Å². The van der Waals surface area contributed by atoms with Crippen molar-refractivity contribution in [3.05, 3.63) is 30.1 Å². The molecule has 1 atom stereocenters. The van der Waals surface area contributed by atoms with Gasteiger partial charge in [-0.25, -0.2) is 0 Å². The molecule has 0 unspecified atom stereocenters. The maximum atomic E-state index is 12.6. The van der Waals surface area contributed by atoms with Crippen LogP contribution in [0, 0.1) is 0 Å². The summed E-state index contributed by atoms with van der Waals surface area (Å²) >= 11 is 1.49. The van der Waals surface area contributed by atoms with E-state index in [0.29, 0.717) is 30.9 Å². The number of aromatic nitrogens is 3. The number of likely N-dealkylation sites (N-methyl/N-ethyl adjacent to an activating group) is 1. The van der Waals surface area contributed by atoms with Gasteiger partial charge in [-0.15, -0.1) is 10.2 Å². The monoisotopic (exact) mass is 400 g/mol. The lowest BCUT2D eigenvalue weighted by molar-refractivity contribution is -0.128. The molecule has 0 bridgehead atoms. The fourth-order valence-corrected chi connectivity index (χ4v) is 4.43. The second-order valence-electron chi connectivity index (χ2n) is 7.78. The van der Waals surface area contributed by atoms with Gasteiger partial charge in [-0.2, -0.15) is 0 Å². The minimum Gasteiger partial charge on any atom is -0.486 e. The van der Waals surface area contributed by atoms with Crippen molar-refractivity contribution in [2.45, 2.75) is 48.9 Å². The molecule has 7 nitrogen and oxygen atoms in total. The molecule has 148 valence electrons. The van der Waals surface area contributed by atoms with Crippen molar-refractivity contribution in [2.24, 2.45) is 0 Å². The third-order valence-corrected chi connectivity index (χ3v) is 6.27. The lowest BCUT2D eigenvalue weighted by atomic mass is 10.2. The molecule has 2 aliphatic carbocycles. The number of amides is 1. The molecule has 3 aliphatic rings. The Morgan fingerprint density at radius 2 is 2.00 bits per heavy atom. The highest BCUT2D eigenvalue weighted by Crippen LogP contribution is 2.46. The molecule has 0 N–H and O–H groups in total. The Morgan fingerprint density at radius 1 is 1.21 bits per heavy atom. The second kappa shape index (κ2) is 7.31. The van der Waals surface area contributed by atoms with Crippen LogP contribution in [-0.4, -0.2) is 57.6 Å². The van der Waals surface area contributed by atoms with Crippen LogP contribution >= 0.6 is 11.8 Å². The van der Waals surface area contributed by atoms with Crippen LogP contribution in [0.4, 0.5) is 0 Å². The van der Waals surface area contributed by atoms with Gasteiger partial charge in [0.1, 0.15) is 12.4 Å². The number of carbonyl (C=O) groups excluding carboxylic acids is 1. The third kappa shape index (κ3) is 3.70. The molecule has 1 aromatic heterocycles. The van der Waals surface area contributed by atoms with Gasteiger partial charge in [-0.1, -0.05) is 23.9 Å². The molecular weight excluding hydrogens is 376 g/mol. The van der Waals surface area contributed by atoms with E-state index in [4.69, 9.17) is 9.47 Å². The van der Waals surface area contributed by atoms with Gasteiger partial charge in [-0.05, 0) is 37.8 Å². The van der Waals surface area contributed by atoms with Gasteiger partial charge in [0, 0.05) is 19.0 Å². The van der Waals surface area contributed by atoms with E-state index in [-0.39, 0.29) is 12.0 Å². The van der Waals surface area contributed by atoms with Gasteiger partial charge in [0.25, 0.3) is 0 Å². The van der Waals surface area contributed by atoms with Crippen LogP contribution in [0.15, 0.2) is 29.4 Å². The zero-order chi connectivity index (χ0) is 19.1. The zero-order valence-corrected chi connectivity index (χ0v) is 16.7. The summed E-state index contributed by atoms with van der Waals surface area (Å²) in [6, 6.07) is 8.16. The average molecular weight is 401 g/mol. The Morgan fingerprint density at radius 3 is 2.75 bits per heavy atom. The predicted octanol–water partition coefficient (Wildman–Crippen LogP) is 2.88. The maximum Gasteiger partial charge on any atom is 0.232 e. The quantitative estimate of drug-likeness (QED) is 0.666. The highest BCUT2D eigenvalue weighted by molar-refractivity contribution is 7.99. The van der Waals surface area contributed by atoms with Crippen molar-refractivity contribution in [2.75, 3.05) is 26.0 Å². The first kappa shape index (κ1) is 17.8. The van der Waals surface area contributed by atoms with Crippen LogP contribution in [0.25, 0.3) is 0 Å². The van der Waals surface area contributed by atoms with E-state index >= 15 is 0 Å².